The van der Waals surface area contributed by atoms with E-state index in [-0.39, 0.29) is 18.4 Å². The van der Waals surface area contributed by atoms with E-state index in [0.29, 0.717) is 32.6 Å². The normalized spacial score (nSPS) is 22.4. The molecule has 0 saturated carbocycles. The summed E-state index contributed by atoms with van der Waals surface area (Å²) in [6, 6.07) is 7.54. The minimum atomic E-state index is -3.48. The van der Waals surface area contributed by atoms with Crippen molar-refractivity contribution >= 4 is 16.1 Å². The highest BCUT2D eigenvalue weighted by Gasteiger charge is 2.35. The molecule has 1 unspecified atom stereocenters. The fourth-order valence-electron chi connectivity index (χ4n) is 3.88. The van der Waals surface area contributed by atoms with Gasteiger partial charge < -0.3 is 10.1 Å². The third-order valence-corrected chi connectivity index (χ3v) is 7.60. The molecule has 0 bridgehead atoms. The van der Waals surface area contributed by atoms with Crippen LogP contribution in [0.4, 0.5) is 0 Å². The molecule has 1 aromatic carbocycles. The second kappa shape index (κ2) is 9.71. The molecule has 1 aromatic rings. The number of methoxy groups -OCH3 is 1. The Labute approximate surface area is 168 Å². The third kappa shape index (κ3) is 5.24. The Hall–Kier alpha value is -1.64. The van der Waals surface area contributed by atoms with Gasteiger partial charge in [0.2, 0.25) is 5.91 Å². The second-order valence-corrected chi connectivity index (χ2v) is 9.51. The van der Waals surface area contributed by atoms with Crippen LogP contribution in [-0.2, 0) is 21.5 Å². The summed E-state index contributed by atoms with van der Waals surface area (Å²) in [7, 11) is -1.86. The van der Waals surface area contributed by atoms with E-state index >= 15 is 0 Å². The summed E-state index contributed by atoms with van der Waals surface area (Å²) < 4.78 is 34.3. The van der Waals surface area contributed by atoms with Gasteiger partial charge in [0.1, 0.15) is 5.75 Å². The minimum absolute atomic E-state index is 0.0772. The topological polar surface area (TPSA) is 79.0 Å². The van der Waals surface area contributed by atoms with Crippen LogP contribution in [0, 0.1) is 5.92 Å². The van der Waals surface area contributed by atoms with Crippen LogP contribution in [0.1, 0.15) is 44.1 Å². The summed E-state index contributed by atoms with van der Waals surface area (Å²) in [5, 5.41) is 2.95. The van der Waals surface area contributed by atoms with Crippen molar-refractivity contribution in [2.75, 3.05) is 33.3 Å². The van der Waals surface area contributed by atoms with Gasteiger partial charge in [-0.25, -0.2) is 0 Å². The number of carbonyl (C=O) groups is 1. The van der Waals surface area contributed by atoms with Gasteiger partial charge in [0.15, 0.2) is 0 Å². The summed E-state index contributed by atoms with van der Waals surface area (Å²) in [6.07, 6.45) is 5.44. The van der Waals surface area contributed by atoms with Gasteiger partial charge in [-0.1, -0.05) is 25.0 Å². The van der Waals surface area contributed by atoms with Crippen molar-refractivity contribution in [1.82, 2.24) is 13.9 Å². The van der Waals surface area contributed by atoms with Crippen molar-refractivity contribution in [3.05, 3.63) is 29.8 Å². The van der Waals surface area contributed by atoms with E-state index in [2.05, 4.69) is 5.32 Å². The van der Waals surface area contributed by atoms with E-state index in [1.54, 1.807) is 11.4 Å². The Morgan fingerprint density at radius 3 is 2.32 bits per heavy atom. The van der Waals surface area contributed by atoms with Gasteiger partial charge in [-0.2, -0.15) is 17.0 Å². The smallest absolute Gasteiger partial charge is 0.281 e. The molecule has 2 saturated heterocycles. The maximum atomic E-state index is 13.0. The zero-order chi connectivity index (χ0) is 20.0. The van der Waals surface area contributed by atoms with Gasteiger partial charge in [-0.05, 0) is 43.4 Å². The minimum Gasteiger partial charge on any atom is -0.497 e. The highest BCUT2D eigenvalue weighted by Crippen LogP contribution is 2.23. The SMILES string of the molecule is COc1ccc(CNC(=O)C2CCCN(S(=O)(=O)N3CCCCCC3)C2)cc1. The third-order valence-electron chi connectivity index (χ3n) is 5.60. The molecule has 8 heteroatoms. The summed E-state index contributed by atoms with van der Waals surface area (Å²) in [5.74, 6) is 0.400. The molecule has 0 aliphatic carbocycles. The van der Waals surface area contributed by atoms with Crippen molar-refractivity contribution in [2.24, 2.45) is 5.92 Å². The second-order valence-electron chi connectivity index (χ2n) is 7.58. The molecule has 0 radical (unpaired) electrons. The Morgan fingerprint density at radius 1 is 1.04 bits per heavy atom. The van der Waals surface area contributed by atoms with Gasteiger partial charge in [-0.15, -0.1) is 0 Å². The van der Waals surface area contributed by atoms with Crippen LogP contribution in [0.15, 0.2) is 24.3 Å². The van der Waals surface area contributed by atoms with Crippen LogP contribution < -0.4 is 10.1 Å². The molecule has 1 atom stereocenters. The van der Waals surface area contributed by atoms with Crippen LogP contribution >= 0.6 is 0 Å². The monoisotopic (exact) mass is 409 g/mol. The van der Waals surface area contributed by atoms with E-state index in [4.69, 9.17) is 4.74 Å². The number of hydrogen-bond acceptors (Lipinski definition) is 4. The number of amides is 1. The van der Waals surface area contributed by atoms with E-state index in [9.17, 15) is 13.2 Å². The highest BCUT2D eigenvalue weighted by molar-refractivity contribution is 7.86. The number of nitrogens with one attached hydrogen (secondary N) is 1. The summed E-state index contributed by atoms with van der Waals surface area (Å²) >= 11 is 0. The lowest BCUT2D eigenvalue weighted by atomic mass is 9.99. The lowest BCUT2D eigenvalue weighted by Crippen LogP contribution is -2.50. The zero-order valence-corrected chi connectivity index (χ0v) is 17.4. The summed E-state index contributed by atoms with van der Waals surface area (Å²) in [4.78, 5) is 12.6. The van der Waals surface area contributed by atoms with Crippen LogP contribution in [0.3, 0.4) is 0 Å². The zero-order valence-electron chi connectivity index (χ0n) is 16.6. The molecule has 2 heterocycles. The first-order valence-corrected chi connectivity index (χ1v) is 11.6. The van der Waals surface area contributed by atoms with Gasteiger partial charge in [-0.3, -0.25) is 4.79 Å². The van der Waals surface area contributed by atoms with Gasteiger partial charge in [0, 0.05) is 32.7 Å². The molecular formula is C20H31N3O4S. The number of hydrogen-bond donors (Lipinski definition) is 1. The first-order chi connectivity index (χ1) is 13.5. The van der Waals surface area contributed by atoms with E-state index < -0.39 is 10.2 Å². The summed E-state index contributed by atoms with van der Waals surface area (Å²) in [5.41, 5.74) is 0.985. The van der Waals surface area contributed by atoms with Crippen LogP contribution in [0.2, 0.25) is 0 Å². The molecule has 3 rings (SSSR count). The molecule has 1 N–H and O–H groups in total. The Kier molecular flexibility index (Phi) is 7.31. The average molecular weight is 410 g/mol. The van der Waals surface area contributed by atoms with E-state index in [0.717, 1.165) is 43.4 Å². The largest absolute Gasteiger partial charge is 0.497 e. The van der Waals surface area contributed by atoms with Crippen molar-refractivity contribution in [2.45, 2.75) is 45.1 Å². The fourth-order valence-corrected chi connectivity index (χ4v) is 5.65. The maximum Gasteiger partial charge on any atom is 0.281 e. The lowest BCUT2D eigenvalue weighted by Gasteiger charge is -2.34. The van der Waals surface area contributed by atoms with Gasteiger partial charge >= 0.3 is 0 Å². The molecule has 2 aliphatic heterocycles. The first-order valence-electron chi connectivity index (χ1n) is 10.2. The lowest BCUT2D eigenvalue weighted by molar-refractivity contribution is -0.126. The predicted molar refractivity (Wildman–Crippen MR) is 108 cm³/mol. The fraction of sp³-hybridized carbons (Fsp3) is 0.650. The first kappa shape index (κ1) is 21.1. The number of ether oxygens (including phenoxy) is 1. The van der Waals surface area contributed by atoms with Crippen molar-refractivity contribution in [3.8, 4) is 5.75 Å². The molecule has 1 amide bonds. The van der Waals surface area contributed by atoms with Crippen molar-refractivity contribution in [3.63, 3.8) is 0 Å². The Morgan fingerprint density at radius 2 is 1.68 bits per heavy atom. The molecule has 156 valence electrons. The number of piperidine rings is 1. The molecule has 0 aromatic heterocycles. The Balaban J connectivity index is 1.56. The van der Waals surface area contributed by atoms with Gasteiger partial charge in [0.05, 0.1) is 13.0 Å². The van der Waals surface area contributed by atoms with E-state index in [1.807, 2.05) is 24.3 Å². The number of carbonyl (C=O) groups excluding carboxylic acids is 1. The molecule has 2 fully saturated rings. The molecular weight excluding hydrogens is 378 g/mol. The highest BCUT2D eigenvalue weighted by atomic mass is 32.2. The standard InChI is InChI=1S/C20H31N3O4S/c1-27-19-10-8-17(9-11-19)15-21-20(24)18-7-6-14-23(16-18)28(25,26)22-12-4-2-3-5-13-22/h8-11,18H,2-7,12-16H2,1H3,(H,21,24). The molecule has 0 spiro atoms. The number of nitrogens with zero attached hydrogens (tertiary/aromatic N) is 2. The van der Waals surface area contributed by atoms with Crippen molar-refractivity contribution in [1.29, 1.82) is 0 Å². The molecule has 2 aliphatic rings. The van der Waals surface area contributed by atoms with Gasteiger partial charge in [0.25, 0.3) is 10.2 Å². The molecule has 28 heavy (non-hydrogen) atoms. The van der Waals surface area contributed by atoms with Crippen molar-refractivity contribution < 1.29 is 17.9 Å². The van der Waals surface area contributed by atoms with Crippen LogP contribution in [-0.4, -0.2) is 56.2 Å². The number of rotatable bonds is 6. The Bertz CT molecular complexity index is 743. The van der Waals surface area contributed by atoms with E-state index in [1.165, 1.54) is 4.31 Å². The predicted octanol–water partition coefficient (Wildman–Crippen LogP) is 2.14. The van der Waals surface area contributed by atoms with Crippen LogP contribution in [0.25, 0.3) is 0 Å². The molecule has 7 nitrogen and oxygen atoms in total. The quantitative estimate of drug-likeness (QED) is 0.781. The maximum absolute atomic E-state index is 13.0. The average Bonchev–Trinajstić information content (AvgIpc) is 3.02. The van der Waals surface area contributed by atoms with Crippen LogP contribution in [0.5, 0.6) is 5.75 Å². The summed E-state index contributed by atoms with van der Waals surface area (Å²) in [6.45, 7) is 2.38. The number of benzene rings is 1.